The minimum atomic E-state index is -0.372. The minimum absolute atomic E-state index is 0.0203. The number of aryl methyl sites for hydroxylation is 2. The first kappa shape index (κ1) is 20.7. The molecule has 0 radical (unpaired) electrons. The van der Waals surface area contributed by atoms with Crippen LogP contribution in [-0.2, 0) is 16.2 Å². The molecule has 0 aliphatic carbocycles. The second-order valence-electron chi connectivity index (χ2n) is 7.96. The van der Waals surface area contributed by atoms with E-state index < -0.39 is 0 Å². The predicted molar refractivity (Wildman–Crippen MR) is 122 cm³/mol. The summed E-state index contributed by atoms with van der Waals surface area (Å²) in [6, 6.07) is 23.2. The summed E-state index contributed by atoms with van der Waals surface area (Å²) in [5.41, 5.74) is 4.95. The summed E-state index contributed by atoms with van der Waals surface area (Å²) in [6.45, 7) is 4.95. The highest BCUT2D eigenvalue weighted by Gasteiger charge is 2.35. The van der Waals surface area contributed by atoms with Gasteiger partial charge in [0.25, 0.3) is 0 Å². The molecule has 0 spiro atoms. The van der Waals surface area contributed by atoms with Gasteiger partial charge in [-0.15, -0.1) is 0 Å². The smallest absolute Gasteiger partial charge is 0.229 e. The number of ether oxygens (including phenoxy) is 1. The van der Waals surface area contributed by atoms with Crippen LogP contribution in [-0.4, -0.2) is 18.4 Å². The van der Waals surface area contributed by atoms with E-state index in [4.69, 9.17) is 4.74 Å². The van der Waals surface area contributed by atoms with Gasteiger partial charge < -0.3 is 15.0 Å². The molecule has 1 heterocycles. The third-order valence-corrected chi connectivity index (χ3v) is 5.67. The second kappa shape index (κ2) is 9.04. The fourth-order valence-corrected chi connectivity index (χ4v) is 3.65. The molecule has 0 bridgehead atoms. The average molecular weight is 415 g/mol. The third kappa shape index (κ3) is 4.94. The van der Waals surface area contributed by atoms with Gasteiger partial charge in [0.15, 0.2) is 0 Å². The maximum absolute atomic E-state index is 12.7. The Morgan fingerprint density at radius 3 is 2.45 bits per heavy atom. The number of rotatable bonds is 6. The number of carbonyl (C=O) groups is 2. The van der Waals surface area contributed by atoms with Crippen molar-refractivity contribution >= 4 is 23.2 Å². The van der Waals surface area contributed by atoms with Gasteiger partial charge in [-0.2, -0.15) is 0 Å². The van der Waals surface area contributed by atoms with Gasteiger partial charge in [0.05, 0.1) is 5.92 Å². The SMILES string of the molecule is Cc1ccc(N2C[C@H](C(=O)Nc3ccc(OCc4ccccc4)cc3)CC2=O)cc1C. The fourth-order valence-electron chi connectivity index (χ4n) is 3.65. The Morgan fingerprint density at radius 2 is 1.74 bits per heavy atom. The number of benzene rings is 3. The number of carbonyl (C=O) groups excluding carboxylic acids is 2. The molecule has 1 aliphatic rings. The van der Waals surface area contributed by atoms with Crippen LogP contribution in [0.1, 0.15) is 23.1 Å². The molecule has 31 heavy (non-hydrogen) atoms. The second-order valence-corrected chi connectivity index (χ2v) is 7.96. The lowest BCUT2D eigenvalue weighted by atomic mass is 10.1. The summed E-state index contributed by atoms with van der Waals surface area (Å²) < 4.78 is 5.78. The quantitative estimate of drug-likeness (QED) is 0.626. The fraction of sp³-hybridized carbons (Fsp3) is 0.231. The number of amides is 2. The maximum Gasteiger partial charge on any atom is 0.229 e. The highest BCUT2D eigenvalue weighted by atomic mass is 16.5. The monoisotopic (exact) mass is 414 g/mol. The van der Waals surface area contributed by atoms with Crippen LogP contribution in [0.4, 0.5) is 11.4 Å². The van der Waals surface area contributed by atoms with Crippen LogP contribution >= 0.6 is 0 Å². The molecule has 4 rings (SSSR count). The lowest BCUT2D eigenvalue weighted by molar-refractivity contribution is -0.122. The summed E-state index contributed by atoms with van der Waals surface area (Å²) in [4.78, 5) is 26.9. The zero-order valence-electron chi connectivity index (χ0n) is 17.8. The number of anilines is 2. The first-order chi connectivity index (χ1) is 15.0. The Morgan fingerprint density at radius 1 is 1.00 bits per heavy atom. The average Bonchev–Trinajstić information content (AvgIpc) is 3.18. The Kier molecular flexibility index (Phi) is 6.03. The molecule has 1 fully saturated rings. The molecule has 3 aromatic rings. The van der Waals surface area contributed by atoms with Crippen LogP contribution in [0.25, 0.3) is 0 Å². The van der Waals surface area contributed by atoms with Crippen molar-refractivity contribution < 1.29 is 14.3 Å². The Hall–Kier alpha value is -3.60. The van der Waals surface area contributed by atoms with Gasteiger partial charge in [-0.1, -0.05) is 36.4 Å². The van der Waals surface area contributed by atoms with E-state index in [1.807, 2.05) is 86.6 Å². The van der Waals surface area contributed by atoms with Gasteiger partial charge >= 0.3 is 0 Å². The van der Waals surface area contributed by atoms with E-state index in [1.165, 1.54) is 5.56 Å². The molecule has 158 valence electrons. The van der Waals surface area contributed by atoms with Crippen molar-refractivity contribution in [1.29, 1.82) is 0 Å². The van der Waals surface area contributed by atoms with Crippen molar-refractivity contribution in [3.63, 3.8) is 0 Å². The van der Waals surface area contributed by atoms with E-state index in [0.29, 0.717) is 18.8 Å². The molecule has 0 unspecified atom stereocenters. The Bertz CT molecular complexity index is 1080. The predicted octanol–water partition coefficient (Wildman–Crippen LogP) is 4.87. The first-order valence-corrected chi connectivity index (χ1v) is 10.4. The van der Waals surface area contributed by atoms with Crippen molar-refractivity contribution in [3.05, 3.63) is 89.5 Å². The molecular weight excluding hydrogens is 388 g/mol. The zero-order valence-corrected chi connectivity index (χ0v) is 17.8. The minimum Gasteiger partial charge on any atom is -0.489 e. The summed E-state index contributed by atoms with van der Waals surface area (Å²) in [5, 5.41) is 2.92. The lowest BCUT2D eigenvalue weighted by Crippen LogP contribution is -2.28. The van der Waals surface area contributed by atoms with Crippen LogP contribution in [0.2, 0.25) is 0 Å². The van der Waals surface area contributed by atoms with Crippen molar-refractivity contribution in [2.24, 2.45) is 5.92 Å². The van der Waals surface area contributed by atoms with E-state index in [1.54, 1.807) is 4.90 Å². The molecule has 1 atom stereocenters. The Labute approximate surface area is 182 Å². The summed E-state index contributed by atoms with van der Waals surface area (Å²) in [7, 11) is 0. The van der Waals surface area contributed by atoms with Crippen molar-refractivity contribution in [2.75, 3.05) is 16.8 Å². The van der Waals surface area contributed by atoms with Crippen LogP contribution < -0.4 is 15.0 Å². The van der Waals surface area contributed by atoms with Crippen LogP contribution in [0, 0.1) is 19.8 Å². The van der Waals surface area contributed by atoms with Gasteiger partial charge in [-0.25, -0.2) is 0 Å². The molecule has 0 saturated carbocycles. The number of nitrogens with one attached hydrogen (secondary N) is 1. The van der Waals surface area contributed by atoms with E-state index in [-0.39, 0.29) is 24.2 Å². The number of hydrogen-bond donors (Lipinski definition) is 1. The van der Waals surface area contributed by atoms with E-state index in [9.17, 15) is 9.59 Å². The third-order valence-electron chi connectivity index (χ3n) is 5.67. The Balaban J connectivity index is 1.34. The normalized spacial score (nSPS) is 15.7. The molecule has 0 aromatic heterocycles. The lowest BCUT2D eigenvalue weighted by Gasteiger charge is -2.18. The maximum atomic E-state index is 12.7. The van der Waals surface area contributed by atoms with Gasteiger partial charge in [0.1, 0.15) is 12.4 Å². The van der Waals surface area contributed by atoms with E-state index >= 15 is 0 Å². The summed E-state index contributed by atoms with van der Waals surface area (Å²) in [5.74, 6) is 0.202. The molecular formula is C26H26N2O3. The highest BCUT2D eigenvalue weighted by Crippen LogP contribution is 2.28. The molecule has 1 aliphatic heterocycles. The van der Waals surface area contributed by atoms with Gasteiger partial charge in [-0.05, 0) is 66.9 Å². The number of hydrogen-bond acceptors (Lipinski definition) is 3. The van der Waals surface area contributed by atoms with Gasteiger partial charge in [-0.3, -0.25) is 9.59 Å². The van der Waals surface area contributed by atoms with Crippen LogP contribution in [0.3, 0.4) is 0 Å². The first-order valence-electron chi connectivity index (χ1n) is 10.4. The van der Waals surface area contributed by atoms with E-state index in [0.717, 1.165) is 22.6 Å². The topological polar surface area (TPSA) is 58.6 Å². The molecule has 1 saturated heterocycles. The van der Waals surface area contributed by atoms with Crippen molar-refractivity contribution in [2.45, 2.75) is 26.9 Å². The van der Waals surface area contributed by atoms with Crippen LogP contribution in [0.5, 0.6) is 5.75 Å². The largest absolute Gasteiger partial charge is 0.489 e. The molecule has 5 nitrogen and oxygen atoms in total. The molecule has 3 aromatic carbocycles. The molecule has 2 amide bonds. The summed E-state index contributed by atoms with van der Waals surface area (Å²) in [6.07, 6.45) is 0.219. The standard InChI is InChI=1S/C26H26N2O3/c1-18-8-11-23(14-19(18)2)28-16-21(15-25(28)29)26(30)27-22-9-12-24(13-10-22)31-17-20-6-4-3-5-7-20/h3-14,21H,15-17H2,1-2H3,(H,27,30)/t21-/m1/s1. The molecule has 5 heteroatoms. The summed E-state index contributed by atoms with van der Waals surface area (Å²) >= 11 is 0. The number of nitrogens with zero attached hydrogens (tertiary/aromatic N) is 1. The zero-order chi connectivity index (χ0) is 21.8. The van der Waals surface area contributed by atoms with Crippen molar-refractivity contribution in [3.8, 4) is 5.75 Å². The molecule has 1 N–H and O–H groups in total. The van der Waals surface area contributed by atoms with Gasteiger partial charge in [0.2, 0.25) is 11.8 Å². The van der Waals surface area contributed by atoms with Gasteiger partial charge in [0, 0.05) is 24.3 Å². The highest BCUT2D eigenvalue weighted by molar-refractivity contribution is 6.03. The van der Waals surface area contributed by atoms with Crippen molar-refractivity contribution in [1.82, 2.24) is 0 Å². The van der Waals surface area contributed by atoms with E-state index in [2.05, 4.69) is 5.32 Å². The van der Waals surface area contributed by atoms with Crippen LogP contribution in [0.15, 0.2) is 72.8 Å².